The third-order valence-corrected chi connectivity index (χ3v) is 14.2. The van der Waals surface area contributed by atoms with Crippen molar-refractivity contribution in [2.45, 2.75) is 211 Å². The summed E-state index contributed by atoms with van der Waals surface area (Å²) in [7, 11) is 0. The Morgan fingerprint density at radius 3 is 1.55 bits per heavy atom. The first-order valence-electron chi connectivity index (χ1n) is 25.7. The van der Waals surface area contributed by atoms with Crippen LogP contribution in [0.4, 0.5) is 0 Å². The van der Waals surface area contributed by atoms with Crippen LogP contribution in [-0.4, -0.2) is 355 Å². The van der Waals surface area contributed by atoms with Gasteiger partial charge in [0.05, 0.1) is 64.4 Å². The van der Waals surface area contributed by atoms with Crippen LogP contribution in [0.25, 0.3) is 0 Å². The molecule has 5 saturated heterocycles. The minimum Gasteiger partial charge on any atom is -0.477 e. The van der Waals surface area contributed by atoms with E-state index in [-0.39, 0.29) is 0 Å². The second-order valence-electron chi connectivity index (χ2n) is 20.2. The highest BCUT2D eigenvalue weighted by atomic mass is 16.8. The summed E-state index contributed by atoms with van der Waals surface area (Å²) in [6.45, 7) is -4.76. The lowest BCUT2D eigenvalue weighted by atomic mass is 9.88. The van der Waals surface area contributed by atoms with Gasteiger partial charge in [-0.05, 0) is 0 Å². The number of carbonyl (C=O) groups is 4. The van der Waals surface area contributed by atoms with Gasteiger partial charge in [-0.2, -0.15) is 0 Å². The number of nitrogens with one attached hydrogen (secondary N) is 3. The fourth-order valence-corrected chi connectivity index (χ4v) is 9.93. The Hall–Kier alpha value is -3.28. The van der Waals surface area contributed by atoms with Gasteiger partial charge in [0, 0.05) is 27.2 Å². The number of ether oxygens (including phenoxy) is 10. The smallest absolute Gasteiger partial charge is 0.364 e. The molecule has 5 rings (SSSR count). The molecule has 23 N–H and O–H groups in total. The number of rotatable bonds is 26. The van der Waals surface area contributed by atoms with Crippen molar-refractivity contribution in [2.24, 2.45) is 0 Å². The molecule has 5 fully saturated rings. The van der Waals surface area contributed by atoms with Crippen molar-refractivity contribution >= 4 is 23.7 Å². The molecule has 0 bridgehead atoms. The first-order chi connectivity index (χ1) is 38.5. The van der Waals surface area contributed by atoms with Crippen molar-refractivity contribution in [3.05, 3.63) is 0 Å². The number of aliphatic hydroxyl groups excluding tert-OH is 19. The predicted octanol–water partition coefficient (Wildman–Crippen LogP) is -14.8. The third kappa shape index (κ3) is 15.8. The summed E-state index contributed by atoms with van der Waals surface area (Å²) in [5.41, 5.74) is 0. The van der Waals surface area contributed by atoms with Crippen molar-refractivity contribution < 1.29 is 169 Å². The van der Waals surface area contributed by atoms with E-state index in [0.29, 0.717) is 0 Å². The lowest BCUT2D eigenvalue weighted by Gasteiger charge is -2.52. The van der Waals surface area contributed by atoms with E-state index in [4.69, 9.17) is 47.4 Å². The van der Waals surface area contributed by atoms with Crippen LogP contribution in [-0.2, 0) is 66.5 Å². The zero-order chi connectivity index (χ0) is 61.4. The fraction of sp³-hybridized carbons (Fsp3) is 0.911. The summed E-state index contributed by atoms with van der Waals surface area (Å²) in [6, 6.07) is -5.24. The monoisotopic (exact) mass is 1200 g/mol. The number of hydrogen-bond acceptors (Lipinski definition) is 33. The van der Waals surface area contributed by atoms with Gasteiger partial charge >= 0.3 is 5.97 Å². The molecule has 0 radical (unpaired) electrons. The van der Waals surface area contributed by atoms with Gasteiger partial charge in [0.15, 0.2) is 25.2 Å². The van der Waals surface area contributed by atoms with Crippen molar-refractivity contribution in [1.29, 1.82) is 0 Å². The molecule has 0 aromatic rings. The van der Waals surface area contributed by atoms with Gasteiger partial charge in [-0.15, -0.1) is 0 Å². The molecule has 0 aliphatic carbocycles. The Balaban J connectivity index is 1.47. The van der Waals surface area contributed by atoms with Crippen LogP contribution in [0.1, 0.15) is 27.2 Å². The molecule has 5 aliphatic rings. The summed E-state index contributed by atoms with van der Waals surface area (Å²) in [5, 5.41) is 221. The van der Waals surface area contributed by atoms with Gasteiger partial charge in [0.1, 0.15) is 134 Å². The van der Waals surface area contributed by atoms with Crippen molar-refractivity contribution in [3.63, 3.8) is 0 Å². The molecular formula is C45H77N3O34. The number of carbonyl (C=O) groups excluding carboxylic acids is 3. The molecule has 0 aromatic carbocycles. The number of amides is 3. The van der Waals surface area contributed by atoms with Crippen molar-refractivity contribution in [2.75, 3.05) is 46.2 Å². The van der Waals surface area contributed by atoms with Crippen LogP contribution in [0.5, 0.6) is 0 Å². The summed E-state index contributed by atoms with van der Waals surface area (Å²) in [5.74, 6) is -8.13. The minimum absolute atomic E-state index is 0.817. The van der Waals surface area contributed by atoms with Crippen molar-refractivity contribution in [1.82, 2.24) is 16.0 Å². The van der Waals surface area contributed by atoms with Gasteiger partial charge in [0.25, 0.3) is 5.79 Å². The quantitative estimate of drug-likeness (QED) is 0.0382. The standard InChI is InChI=1S/C45H77N3O34/c1-12(55)46-15(5-49)35(78-41-32(68)30(66)27(63)19(7-51)74-41)26(62)18(60)11-73-40-24(48-14(3)57)29(65)36(21(9-53)76-40)79-43-34(70)39(37(22(10-54)77-43)80-42-33(69)31(67)28(64)20(8-52)75-42)82-45(44(71)72)4-16(58)23(47-13(2)56)38(81-45)25(61)17(59)6-50/h15-43,49-54,58-70H,4-11H2,1-3H3,(H,46,55)(H,47,56)(H,48,57)(H,71,72)/t15-,16-,17+,18+,19+,20+,21+,22+,23+,24+,25+,26-,27-,28-,29+,30-,31-,32+,33+,34+,35+,36+,37-,38+,39+,40+,41-,42-,43-,45-/m0/s1. The van der Waals surface area contributed by atoms with Crippen molar-refractivity contribution in [3.8, 4) is 0 Å². The Labute approximate surface area is 464 Å². The lowest BCUT2D eigenvalue weighted by Crippen LogP contribution is -2.72. The van der Waals surface area contributed by atoms with E-state index in [9.17, 15) is 121 Å². The van der Waals surface area contributed by atoms with E-state index in [1.165, 1.54) is 0 Å². The molecule has 82 heavy (non-hydrogen) atoms. The lowest BCUT2D eigenvalue weighted by molar-refractivity contribution is -0.402. The van der Waals surface area contributed by atoms with Crippen LogP contribution >= 0.6 is 0 Å². The largest absolute Gasteiger partial charge is 0.477 e. The topological polar surface area (TPSA) is 601 Å². The third-order valence-electron chi connectivity index (χ3n) is 14.2. The average Bonchev–Trinajstić information content (AvgIpc) is 3.56. The van der Waals surface area contributed by atoms with E-state index in [2.05, 4.69) is 16.0 Å². The average molecular weight is 1200 g/mol. The first kappa shape index (κ1) is 69.5. The second kappa shape index (κ2) is 30.4. The highest BCUT2D eigenvalue weighted by Gasteiger charge is 2.62. The molecule has 476 valence electrons. The maximum Gasteiger partial charge on any atom is 0.364 e. The summed E-state index contributed by atoms with van der Waals surface area (Å²) >= 11 is 0. The fourth-order valence-electron chi connectivity index (χ4n) is 9.93. The first-order valence-corrected chi connectivity index (χ1v) is 25.7. The number of hydrogen-bond donors (Lipinski definition) is 23. The van der Waals surface area contributed by atoms with Crippen LogP contribution < -0.4 is 16.0 Å². The summed E-state index contributed by atoms with van der Waals surface area (Å²) in [6.07, 6.45) is -55.8. The second-order valence-corrected chi connectivity index (χ2v) is 20.2. The van der Waals surface area contributed by atoms with Crippen LogP contribution in [0.15, 0.2) is 0 Å². The molecule has 37 nitrogen and oxygen atoms in total. The van der Waals surface area contributed by atoms with Gasteiger partial charge in [-0.3, -0.25) is 14.4 Å². The molecule has 0 aromatic heterocycles. The molecule has 0 saturated carbocycles. The van der Waals surface area contributed by atoms with Gasteiger partial charge < -0.3 is 165 Å². The van der Waals surface area contributed by atoms with E-state index >= 15 is 0 Å². The minimum atomic E-state index is -3.35. The van der Waals surface area contributed by atoms with Crippen LogP contribution in [0.2, 0.25) is 0 Å². The highest BCUT2D eigenvalue weighted by molar-refractivity contribution is 5.77. The Morgan fingerprint density at radius 2 is 1.04 bits per heavy atom. The zero-order valence-electron chi connectivity index (χ0n) is 44.1. The number of carboxylic acids is 1. The van der Waals surface area contributed by atoms with Gasteiger partial charge in [0.2, 0.25) is 17.7 Å². The number of aliphatic hydroxyl groups is 19. The molecule has 5 heterocycles. The summed E-state index contributed by atoms with van der Waals surface area (Å²) in [4.78, 5) is 50.4. The molecule has 0 unspecified atom stereocenters. The Bertz CT molecular complexity index is 2040. The predicted molar refractivity (Wildman–Crippen MR) is 253 cm³/mol. The maximum absolute atomic E-state index is 13.4. The van der Waals surface area contributed by atoms with Gasteiger partial charge in [-0.1, -0.05) is 0 Å². The summed E-state index contributed by atoms with van der Waals surface area (Å²) < 4.78 is 57.3. The highest BCUT2D eigenvalue weighted by Crippen LogP contribution is 2.40. The molecule has 30 atom stereocenters. The Kier molecular flexibility index (Phi) is 25.7. The normalized spacial score (nSPS) is 42.2. The van der Waals surface area contributed by atoms with E-state index in [0.717, 1.165) is 20.8 Å². The van der Waals surface area contributed by atoms with Crippen LogP contribution in [0.3, 0.4) is 0 Å². The van der Waals surface area contributed by atoms with E-state index in [1.54, 1.807) is 0 Å². The van der Waals surface area contributed by atoms with E-state index < -0.39 is 260 Å². The molecular weight excluding hydrogens is 1130 g/mol. The maximum atomic E-state index is 13.4. The molecule has 5 aliphatic heterocycles. The Morgan fingerprint density at radius 1 is 0.549 bits per heavy atom. The van der Waals surface area contributed by atoms with E-state index in [1.807, 2.05) is 0 Å². The zero-order valence-corrected chi connectivity index (χ0v) is 44.1. The van der Waals surface area contributed by atoms with Crippen LogP contribution in [0, 0.1) is 0 Å². The number of aliphatic carboxylic acids is 1. The van der Waals surface area contributed by atoms with Gasteiger partial charge in [-0.25, -0.2) is 4.79 Å². The molecule has 37 heteroatoms. The SMILES string of the molecule is CC(=O)N[C@H]1[C@H](OC[C@@H](O)[C@H](O)[C@H](O[C@@H]2O[C@H](CO)[C@H](O)[C@H](O)[C@H]2O)[C@H](CO)NC(C)=O)O[C@H](CO)[C@@H](O[C@@H]2O[C@H](CO)[C@H](O[C@@H]3O[C@H](CO)[C@H](O)[C@H](O)[C@H]3O)[C@H](O[C@]3(C(=O)O)C[C@H](O)[C@@H](NC(C)=O)[C@H]([C@H](O)[C@H](O)CO)O3)[C@H]2O)[C@@H]1O. The number of carboxylic acid groups (broad SMARTS) is 1. The molecule has 3 amide bonds. The molecule has 0 spiro atoms.